The van der Waals surface area contributed by atoms with E-state index < -0.39 is 5.60 Å². The third-order valence-electron chi connectivity index (χ3n) is 3.74. The van der Waals surface area contributed by atoms with Crippen LogP contribution >= 0.6 is 11.3 Å². The molecule has 2 rings (SSSR count). The first-order valence-corrected chi connectivity index (χ1v) is 8.75. The molecule has 1 atom stereocenters. The summed E-state index contributed by atoms with van der Waals surface area (Å²) in [6.07, 6.45) is 2.29. The maximum Gasteiger partial charge on any atom is 0.220 e. The molecule has 1 aromatic heterocycles. The minimum Gasteiger partial charge on any atom is -0.387 e. The smallest absolute Gasteiger partial charge is 0.220 e. The number of β-amino-alcohol motifs (C(OH)–C–C–N with tert-alkyl or cyclic N) is 1. The molecule has 0 spiro atoms. The molecule has 1 amide bonds. The van der Waals surface area contributed by atoms with E-state index in [2.05, 4.69) is 21.7 Å². The third-order valence-corrected chi connectivity index (χ3v) is 4.68. The van der Waals surface area contributed by atoms with Crippen molar-refractivity contribution in [3.8, 4) is 0 Å². The number of morpholine rings is 1. The molecule has 0 radical (unpaired) electrons. The maximum atomic E-state index is 11.9. The van der Waals surface area contributed by atoms with E-state index in [-0.39, 0.29) is 5.91 Å². The van der Waals surface area contributed by atoms with Crippen molar-refractivity contribution in [3.05, 3.63) is 22.4 Å². The van der Waals surface area contributed by atoms with Crippen molar-refractivity contribution in [2.45, 2.75) is 31.8 Å². The predicted molar refractivity (Wildman–Crippen MR) is 88.1 cm³/mol. The molecule has 6 heteroatoms. The van der Waals surface area contributed by atoms with Crippen molar-refractivity contribution in [1.82, 2.24) is 10.2 Å². The van der Waals surface area contributed by atoms with Crippen molar-refractivity contribution >= 4 is 17.2 Å². The Morgan fingerprint density at radius 3 is 2.95 bits per heavy atom. The quantitative estimate of drug-likeness (QED) is 0.755. The van der Waals surface area contributed by atoms with Gasteiger partial charge in [-0.1, -0.05) is 6.07 Å². The summed E-state index contributed by atoms with van der Waals surface area (Å²) in [6, 6.07) is 4.12. The molecule has 124 valence electrons. The van der Waals surface area contributed by atoms with Gasteiger partial charge in [0.1, 0.15) is 0 Å². The van der Waals surface area contributed by atoms with Crippen molar-refractivity contribution in [2.75, 3.05) is 39.4 Å². The second-order valence-corrected chi connectivity index (χ2v) is 7.13. The minimum absolute atomic E-state index is 0.0128. The van der Waals surface area contributed by atoms with Gasteiger partial charge < -0.3 is 15.2 Å². The molecule has 1 fully saturated rings. The van der Waals surface area contributed by atoms with Crippen LogP contribution in [0.4, 0.5) is 0 Å². The third kappa shape index (κ3) is 6.44. The second-order valence-electron chi connectivity index (χ2n) is 6.10. The van der Waals surface area contributed by atoms with E-state index in [0.717, 1.165) is 25.9 Å². The highest BCUT2D eigenvalue weighted by Gasteiger charge is 2.25. The van der Waals surface area contributed by atoms with Crippen LogP contribution in [0.1, 0.15) is 24.6 Å². The van der Waals surface area contributed by atoms with Gasteiger partial charge in [0.05, 0.1) is 18.8 Å². The Kier molecular flexibility index (Phi) is 6.82. The van der Waals surface area contributed by atoms with E-state index in [0.29, 0.717) is 32.7 Å². The number of aliphatic hydroxyl groups is 1. The number of ether oxygens (including phenoxy) is 1. The fourth-order valence-corrected chi connectivity index (χ4v) is 3.30. The van der Waals surface area contributed by atoms with E-state index in [9.17, 15) is 9.90 Å². The molecule has 2 N–H and O–H groups in total. The van der Waals surface area contributed by atoms with Crippen LogP contribution in [0.2, 0.25) is 0 Å². The van der Waals surface area contributed by atoms with Gasteiger partial charge in [-0.2, -0.15) is 0 Å². The molecule has 0 aromatic carbocycles. The van der Waals surface area contributed by atoms with Crippen LogP contribution in [0.25, 0.3) is 0 Å². The molecule has 1 saturated heterocycles. The Labute approximate surface area is 136 Å². The van der Waals surface area contributed by atoms with Gasteiger partial charge in [0, 0.05) is 37.5 Å². The Balaban J connectivity index is 1.61. The molecule has 0 saturated carbocycles. The Morgan fingerprint density at radius 1 is 1.50 bits per heavy atom. The molecule has 1 aliphatic heterocycles. The molecule has 1 aromatic rings. The molecule has 1 aliphatic rings. The van der Waals surface area contributed by atoms with E-state index in [1.165, 1.54) is 4.88 Å². The Bertz CT molecular complexity index is 442. The highest BCUT2D eigenvalue weighted by Crippen LogP contribution is 2.12. The minimum atomic E-state index is -0.902. The lowest BCUT2D eigenvalue weighted by atomic mass is 10.1. The number of aryl methyl sites for hydroxylation is 1. The van der Waals surface area contributed by atoms with E-state index in [1.807, 2.05) is 6.07 Å². The van der Waals surface area contributed by atoms with E-state index >= 15 is 0 Å². The number of nitrogens with one attached hydrogen (secondary N) is 1. The number of hydrogen-bond donors (Lipinski definition) is 2. The van der Waals surface area contributed by atoms with Crippen molar-refractivity contribution < 1.29 is 14.6 Å². The van der Waals surface area contributed by atoms with Crippen molar-refractivity contribution in [1.29, 1.82) is 0 Å². The summed E-state index contributed by atoms with van der Waals surface area (Å²) < 4.78 is 5.30. The molecule has 1 unspecified atom stereocenters. The van der Waals surface area contributed by atoms with Gasteiger partial charge in [-0.3, -0.25) is 9.69 Å². The lowest BCUT2D eigenvalue weighted by Crippen LogP contribution is -2.51. The van der Waals surface area contributed by atoms with Crippen LogP contribution in [-0.2, 0) is 16.0 Å². The lowest BCUT2D eigenvalue weighted by molar-refractivity contribution is -0.122. The Morgan fingerprint density at radius 2 is 2.27 bits per heavy atom. The fraction of sp³-hybridized carbons (Fsp3) is 0.688. The first kappa shape index (κ1) is 17.4. The first-order valence-electron chi connectivity index (χ1n) is 7.87. The van der Waals surface area contributed by atoms with Crippen LogP contribution < -0.4 is 5.32 Å². The van der Waals surface area contributed by atoms with Gasteiger partial charge in [0.25, 0.3) is 0 Å². The number of amides is 1. The van der Waals surface area contributed by atoms with Crippen LogP contribution in [0.15, 0.2) is 17.5 Å². The molecule has 2 heterocycles. The zero-order valence-corrected chi connectivity index (χ0v) is 14.0. The molecule has 0 bridgehead atoms. The van der Waals surface area contributed by atoms with Gasteiger partial charge in [0.2, 0.25) is 5.91 Å². The van der Waals surface area contributed by atoms with E-state index in [1.54, 1.807) is 18.3 Å². The fourth-order valence-electron chi connectivity index (χ4n) is 2.55. The normalized spacial score (nSPS) is 18.8. The van der Waals surface area contributed by atoms with Crippen molar-refractivity contribution in [3.63, 3.8) is 0 Å². The summed E-state index contributed by atoms with van der Waals surface area (Å²) >= 11 is 1.72. The number of thiophene rings is 1. The van der Waals surface area contributed by atoms with Gasteiger partial charge in [-0.05, 0) is 31.2 Å². The monoisotopic (exact) mass is 326 g/mol. The predicted octanol–water partition coefficient (Wildman–Crippen LogP) is 1.27. The van der Waals surface area contributed by atoms with Gasteiger partial charge in [-0.15, -0.1) is 11.3 Å². The molecule has 22 heavy (non-hydrogen) atoms. The molecule has 5 nitrogen and oxygen atoms in total. The molecule has 0 aliphatic carbocycles. The maximum absolute atomic E-state index is 11.9. The van der Waals surface area contributed by atoms with Crippen LogP contribution in [0, 0.1) is 0 Å². The average Bonchev–Trinajstić information content (AvgIpc) is 2.99. The molecular weight excluding hydrogens is 300 g/mol. The number of carbonyl (C=O) groups is 1. The summed E-state index contributed by atoms with van der Waals surface area (Å²) in [4.78, 5) is 15.3. The van der Waals surface area contributed by atoms with Crippen LogP contribution in [-0.4, -0.2) is 60.9 Å². The molecular formula is C16H26N2O3S. The number of rotatable bonds is 8. The van der Waals surface area contributed by atoms with Crippen molar-refractivity contribution in [2.24, 2.45) is 0 Å². The standard InChI is InChI=1S/C16H26N2O3S/c1-16(20,13-18-7-9-21-10-8-18)12-17-15(19)6-2-4-14-5-3-11-22-14/h3,5,11,20H,2,4,6-10,12-13H2,1H3,(H,17,19). The first-order chi connectivity index (χ1) is 10.6. The Hall–Kier alpha value is -0.950. The zero-order valence-electron chi connectivity index (χ0n) is 13.2. The summed E-state index contributed by atoms with van der Waals surface area (Å²) in [7, 11) is 0. The highest BCUT2D eigenvalue weighted by molar-refractivity contribution is 7.09. The summed E-state index contributed by atoms with van der Waals surface area (Å²) in [5.41, 5.74) is -0.902. The number of hydrogen-bond acceptors (Lipinski definition) is 5. The SMILES string of the molecule is CC(O)(CNC(=O)CCCc1cccs1)CN1CCOCC1. The van der Waals surface area contributed by atoms with Gasteiger partial charge >= 0.3 is 0 Å². The number of nitrogens with zero attached hydrogens (tertiary/aromatic N) is 1. The lowest BCUT2D eigenvalue weighted by Gasteiger charge is -2.33. The van der Waals surface area contributed by atoms with E-state index in [4.69, 9.17) is 4.74 Å². The topological polar surface area (TPSA) is 61.8 Å². The van der Waals surface area contributed by atoms with Gasteiger partial charge in [-0.25, -0.2) is 0 Å². The zero-order chi connectivity index (χ0) is 15.8. The summed E-state index contributed by atoms with van der Waals surface area (Å²) in [5, 5.41) is 15.3. The highest BCUT2D eigenvalue weighted by atomic mass is 32.1. The number of carbonyl (C=O) groups excluding carboxylic acids is 1. The van der Waals surface area contributed by atoms with Crippen LogP contribution in [0.5, 0.6) is 0 Å². The largest absolute Gasteiger partial charge is 0.387 e. The van der Waals surface area contributed by atoms with Crippen LogP contribution in [0.3, 0.4) is 0 Å². The summed E-state index contributed by atoms with van der Waals surface area (Å²) in [6.45, 7) is 5.73. The summed E-state index contributed by atoms with van der Waals surface area (Å²) in [5.74, 6) is 0.0128. The second kappa shape index (κ2) is 8.62. The van der Waals surface area contributed by atoms with Gasteiger partial charge in [0.15, 0.2) is 0 Å². The average molecular weight is 326 g/mol.